The summed E-state index contributed by atoms with van der Waals surface area (Å²) in [5.74, 6) is -1.11. The maximum absolute atomic E-state index is 12.7. The number of carbonyl (C=O) groups excluding carboxylic acids is 1. The number of esters is 1. The van der Waals surface area contributed by atoms with Crippen LogP contribution in [0.3, 0.4) is 0 Å². The van der Waals surface area contributed by atoms with Crippen LogP contribution >= 0.6 is 0 Å². The average Bonchev–Trinajstić information content (AvgIpc) is 2.12. The highest BCUT2D eigenvalue weighted by Gasteiger charge is 2.16. The molecular formula is C11H14FNO3. The molecule has 1 aromatic rings. The van der Waals surface area contributed by atoms with Crippen molar-refractivity contribution in [3.8, 4) is 5.88 Å². The van der Waals surface area contributed by atoms with Crippen LogP contribution in [0.25, 0.3) is 0 Å². The Bertz CT molecular complexity index is 374. The Morgan fingerprint density at radius 3 is 2.69 bits per heavy atom. The van der Waals surface area contributed by atoms with E-state index in [2.05, 4.69) is 4.98 Å². The molecule has 0 aromatic carbocycles. The van der Waals surface area contributed by atoms with Gasteiger partial charge < -0.3 is 9.47 Å². The van der Waals surface area contributed by atoms with E-state index >= 15 is 0 Å². The third kappa shape index (κ3) is 4.72. The van der Waals surface area contributed by atoms with Crippen LogP contribution in [0.15, 0.2) is 18.2 Å². The van der Waals surface area contributed by atoms with Gasteiger partial charge in [-0.3, -0.25) is 0 Å². The minimum Gasteiger partial charge on any atom is -0.466 e. The third-order valence-corrected chi connectivity index (χ3v) is 1.45. The standard InChI is InChI=1S/C11H14FNO3/c1-11(2,3)16-10(14)7-15-9-6-4-5-8(12)13-9/h4-6H,7H2,1-3H3. The van der Waals surface area contributed by atoms with Gasteiger partial charge >= 0.3 is 5.97 Å². The van der Waals surface area contributed by atoms with Crippen molar-refractivity contribution in [3.63, 3.8) is 0 Å². The fraction of sp³-hybridized carbons (Fsp3) is 0.455. The van der Waals surface area contributed by atoms with Crippen molar-refractivity contribution in [2.75, 3.05) is 6.61 Å². The van der Waals surface area contributed by atoms with Gasteiger partial charge in [0, 0.05) is 6.07 Å². The molecule has 0 saturated carbocycles. The van der Waals surface area contributed by atoms with Crippen LogP contribution in [0.5, 0.6) is 5.88 Å². The predicted octanol–water partition coefficient (Wildman–Crippen LogP) is 1.94. The fourth-order valence-electron chi connectivity index (χ4n) is 0.974. The molecule has 0 spiro atoms. The van der Waals surface area contributed by atoms with Gasteiger partial charge in [0.25, 0.3) is 0 Å². The number of hydrogen-bond donors (Lipinski definition) is 0. The molecule has 0 bridgehead atoms. The zero-order chi connectivity index (χ0) is 12.2. The molecule has 0 unspecified atom stereocenters. The molecule has 1 heterocycles. The summed E-state index contributed by atoms with van der Waals surface area (Å²) in [6.07, 6.45) is 0. The number of pyridine rings is 1. The Morgan fingerprint density at radius 2 is 2.12 bits per heavy atom. The second kappa shape index (κ2) is 4.92. The van der Waals surface area contributed by atoms with E-state index in [0.717, 1.165) is 0 Å². The molecule has 0 atom stereocenters. The monoisotopic (exact) mass is 227 g/mol. The number of ether oxygens (including phenoxy) is 2. The van der Waals surface area contributed by atoms with Gasteiger partial charge in [0.05, 0.1) is 0 Å². The van der Waals surface area contributed by atoms with Gasteiger partial charge in [-0.1, -0.05) is 6.07 Å². The van der Waals surface area contributed by atoms with E-state index in [1.807, 2.05) is 0 Å². The van der Waals surface area contributed by atoms with E-state index in [0.29, 0.717) is 0 Å². The summed E-state index contributed by atoms with van der Waals surface area (Å²) < 4.78 is 22.6. The van der Waals surface area contributed by atoms with Gasteiger partial charge in [-0.25, -0.2) is 4.79 Å². The van der Waals surface area contributed by atoms with E-state index in [1.54, 1.807) is 20.8 Å². The first-order valence-corrected chi connectivity index (χ1v) is 4.84. The van der Waals surface area contributed by atoms with E-state index in [9.17, 15) is 9.18 Å². The largest absolute Gasteiger partial charge is 0.466 e. The zero-order valence-corrected chi connectivity index (χ0v) is 9.49. The lowest BCUT2D eigenvalue weighted by molar-refractivity contribution is -0.157. The quantitative estimate of drug-likeness (QED) is 0.585. The predicted molar refractivity (Wildman–Crippen MR) is 55.5 cm³/mol. The van der Waals surface area contributed by atoms with Crippen molar-refractivity contribution in [2.24, 2.45) is 0 Å². The second-order valence-electron chi connectivity index (χ2n) is 4.17. The average molecular weight is 227 g/mol. The molecule has 16 heavy (non-hydrogen) atoms. The van der Waals surface area contributed by atoms with Gasteiger partial charge in [0.2, 0.25) is 11.8 Å². The van der Waals surface area contributed by atoms with Crippen LogP contribution in [-0.2, 0) is 9.53 Å². The highest BCUT2D eigenvalue weighted by molar-refractivity contribution is 5.71. The summed E-state index contributed by atoms with van der Waals surface area (Å²) in [6, 6.07) is 4.11. The molecule has 0 amide bonds. The Morgan fingerprint density at radius 1 is 1.44 bits per heavy atom. The molecular weight excluding hydrogens is 213 g/mol. The molecule has 1 rings (SSSR count). The van der Waals surface area contributed by atoms with Crippen LogP contribution in [-0.4, -0.2) is 23.2 Å². The molecule has 88 valence electrons. The van der Waals surface area contributed by atoms with Gasteiger partial charge in [0.1, 0.15) is 5.60 Å². The van der Waals surface area contributed by atoms with Crippen molar-refractivity contribution in [2.45, 2.75) is 26.4 Å². The Labute approximate surface area is 93.4 Å². The summed E-state index contributed by atoms with van der Waals surface area (Å²) in [7, 11) is 0. The first-order chi connectivity index (χ1) is 7.37. The van der Waals surface area contributed by atoms with Crippen LogP contribution in [0, 0.1) is 5.95 Å². The number of halogens is 1. The summed E-state index contributed by atoms with van der Waals surface area (Å²) in [5, 5.41) is 0. The van der Waals surface area contributed by atoms with Crippen LogP contribution in [0.2, 0.25) is 0 Å². The smallest absolute Gasteiger partial charge is 0.344 e. The second-order valence-corrected chi connectivity index (χ2v) is 4.17. The van der Waals surface area contributed by atoms with Crippen molar-refractivity contribution in [3.05, 3.63) is 24.1 Å². The Kier molecular flexibility index (Phi) is 3.82. The van der Waals surface area contributed by atoms with Crippen molar-refractivity contribution >= 4 is 5.97 Å². The SMILES string of the molecule is CC(C)(C)OC(=O)COc1cccc(F)n1. The lowest BCUT2D eigenvalue weighted by atomic mass is 10.2. The third-order valence-electron chi connectivity index (χ3n) is 1.45. The summed E-state index contributed by atoms with van der Waals surface area (Å²) in [6.45, 7) is 4.98. The molecule has 0 aliphatic carbocycles. The lowest BCUT2D eigenvalue weighted by Crippen LogP contribution is -2.27. The molecule has 5 heteroatoms. The highest BCUT2D eigenvalue weighted by Crippen LogP contribution is 2.09. The first-order valence-electron chi connectivity index (χ1n) is 4.84. The van der Waals surface area contributed by atoms with Crippen LogP contribution in [0.1, 0.15) is 20.8 Å². The van der Waals surface area contributed by atoms with E-state index in [-0.39, 0.29) is 12.5 Å². The van der Waals surface area contributed by atoms with Gasteiger partial charge in [0.15, 0.2) is 6.61 Å². The maximum Gasteiger partial charge on any atom is 0.344 e. The molecule has 4 nitrogen and oxygen atoms in total. The minimum atomic E-state index is -0.651. The molecule has 0 aliphatic heterocycles. The molecule has 0 fully saturated rings. The number of hydrogen-bond acceptors (Lipinski definition) is 4. The lowest BCUT2D eigenvalue weighted by Gasteiger charge is -2.19. The summed E-state index contributed by atoms with van der Waals surface area (Å²) >= 11 is 0. The van der Waals surface area contributed by atoms with Gasteiger partial charge in [-0.15, -0.1) is 0 Å². The number of rotatable bonds is 3. The van der Waals surface area contributed by atoms with E-state index in [4.69, 9.17) is 9.47 Å². The normalized spacial score (nSPS) is 11.0. The zero-order valence-electron chi connectivity index (χ0n) is 9.49. The first kappa shape index (κ1) is 12.4. The highest BCUT2D eigenvalue weighted by atomic mass is 19.1. The minimum absolute atomic E-state index is 0.0610. The molecule has 0 N–H and O–H groups in total. The molecule has 0 radical (unpaired) electrons. The maximum atomic E-state index is 12.7. The molecule has 0 saturated heterocycles. The van der Waals surface area contributed by atoms with Crippen molar-refractivity contribution in [1.82, 2.24) is 4.98 Å². The van der Waals surface area contributed by atoms with E-state index < -0.39 is 17.5 Å². The van der Waals surface area contributed by atoms with Crippen molar-refractivity contribution in [1.29, 1.82) is 0 Å². The number of aromatic nitrogens is 1. The van der Waals surface area contributed by atoms with Crippen LogP contribution in [0.4, 0.5) is 4.39 Å². The fourth-order valence-corrected chi connectivity index (χ4v) is 0.974. The molecule has 1 aromatic heterocycles. The topological polar surface area (TPSA) is 48.4 Å². The van der Waals surface area contributed by atoms with Crippen LogP contribution < -0.4 is 4.74 Å². The summed E-state index contributed by atoms with van der Waals surface area (Å²) in [4.78, 5) is 14.7. The number of carbonyl (C=O) groups is 1. The van der Waals surface area contributed by atoms with E-state index in [1.165, 1.54) is 18.2 Å². The van der Waals surface area contributed by atoms with Gasteiger partial charge in [-0.2, -0.15) is 9.37 Å². The molecule has 0 aliphatic rings. The van der Waals surface area contributed by atoms with Crippen molar-refractivity contribution < 1.29 is 18.7 Å². The number of nitrogens with zero attached hydrogens (tertiary/aromatic N) is 1. The Balaban J connectivity index is 2.43. The van der Waals surface area contributed by atoms with Gasteiger partial charge in [-0.05, 0) is 26.8 Å². The summed E-state index contributed by atoms with van der Waals surface area (Å²) in [5.41, 5.74) is -0.560. The Hall–Kier alpha value is -1.65.